The fourth-order valence-corrected chi connectivity index (χ4v) is 1.19. The van der Waals surface area contributed by atoms with Crippen LogP contribution in [0, 0.1) is 0 Å². The lowest BCUT2D eigenvalue weighted by molar-refractivity contribution is 0.415. The van der Waals surface area contributed by atoms with Gasteiger partial charge in [-0.05, 0) is 18.2 Å². The van der Waals surface area contributed by atoms with Crippen LogP contribution in [0.15, 0.2) is 18.2 Å². The predicted molar refractivity (Wildman–Crippen MR) is 52.3 cm³/mol. The Morgan fingerprint density at radius 2 is 2.00 bits per heavy atom. The van der Waals surface area contributed by atoms with Gasteiger partial charge in [-0.3, -0.25) is 0 Å². The van der Waals surface area contributed by atoms with Crippen molar-refractivity contribution in [2.24, 2.45) is 0 Å². The molecule has 0 aliphatic heterocycles. The van der Waals surface area contributed by atoms with Gasteiger partial charge in [-0.1, -0.05) is 11.6 Å². The monoisotopic (exact) mass is 185 g/mol. The molecule has 0 aliphatic rings. The van der Waals surface area contributed by atoms with Crippen LogP contribution < -0.4 is 9.64 Å². The van der Waals surface area contributed by atoms with Gasteiger partial charge in [0.15, 0.2) is 0 Å². The molecular formula is C9H12ClNO. The van der Waals surface area contributed by atoms with E-state index in [4.69, 9.17) is 16.3 Å². The average Bonchev–Trinajstić information content (AvgIpc) is 2.04. The predicted octanol–water partition coefficient (Wildman–Crippen LogP) is 2.41. The Hall–Kier alpha value is -0.890. The first-order chi connectivity index (χ1) is 5.65. The molecule has 2 nitrogen and oxygen atoms in total. The zero-order valence-electron chi connectivity index (χ0n) is 7.47. The standard InChI is InChI=1S/C9H12ClNO/c1-11(2)7-4-5-9(12-3)8(10)6-7/h4-6H,1-3H3. The third-order valence-corrected chi connectivity index (χ3v) is 1.95. The first-order valence-electron chi connectivity index (χ1n) is 3.66. The minimum Gasteiger partial charge on any atom is -0.495 e. The second-order valence-corrected chi connectivity index (χ2v) is 3.12. The van der Waals surface area contributed by atoms with Crippen LogP contribution in [0.1, 0.15) is 0 Å². The number of anilines is 1. The molecule has 12 heavy (non-hydrogen) atoms. The summed E-state index contributed by atoms with van der Waals surface area (Å²) in [4.78, 5) is 1.99. The van der Waals surface area contributed by atoms with Crippen molar-refractivity contribution in [3.05, 3.63) is 23.2 Å². The molecule has 0 heterocycles. The normalized spacial score (nSPS) is 9.67. The molecule has 1 aromatic carbocycles. The number of halogens is 1. The number of ether oxygens (including phenoxy) is 1. The number of benzene rings is 1. The van der Waals surface area contributed by atoms with Gasteiger partial charge in [0, 0.05) is 19.8 Å². The Labute approximate surface area is 77.7 Å². The minimum absolute atomic E-state index is 0.642. The van der Waals surface area contributed by atoms with Gasteiger partial charge in [0.1, 0.15) is 5.75 Å². The molecule has 0 unspecified atom stereocenters. The fraction of sp³-hybridized carbons (Fsp3) is 0.333. The summed E-state index contributed by atoms with van der Waals surface area (Å²) in [5.74, 6) is 0.710. The molecule has 0 fully saturated rings. The molecule has 1 aromatic rings. The maximum atomic E-state index is 5.92. The van der Waals surface area contributed by atoms with Crippen molar-refractivity contribution in [3.8, 4) is 5.75 Å². The van der Waals surface area contributed by atoms with Crippen LogP contribution in [-0.2, 0) is 0 Å². The Morgan fingerprint density at radius 3 is 2.42 bits per heavy atom. The number of hydrogen-bond donors (Lipinski definition) is 0. The number of nitrogens with zero attached hydrogens (tertiary/aromatic N) is 1. The second-order valence-electron chi connectivity index (χ2n) is 2.71. The summed E-state index contributed by atoms with van der Waals surface area (Å²) in [6.07, 6.45) is 0. The highest BCUT2D eigenvalue weighted by atomic mass is 35.5. The number of rotatable bonds is 2. The highest BCUT2D eigenvalue weighted by Crippen LogP contribution is 2.27. The SMILES string of the molecule is COc1ccc(N(C)C)cc1Cl. The van der Waals surface area contributed by atoms with Gasteiger partial charge in [0.05, 0.1) is 12.1 Å². The van der Waals surface area contributed by atoms with Gasteiger partial charge in [-0.25, -0.2) is 0 Å². The molecule has 66 valence electrons. The smallest absolute Gasteiger partial charge is 0.137 e. The van der Waals surface area contributed by atoms with Gasteiger partial charge in [0.25, 0.3) is 0 Å². The molecular weight excluding hydrogens is 174 g/mol. The van der Waals surface area contributed by atoms with E-state index in [1.807, 2.05) is 37.2 Å². The van der Waals surface area contributed by atoms with Crippen LogP contribution in [0.5, 0.6) is 5.75 Å². The van der Waals surface area contributed by atoms with E-state index in [0.29, 0.717) is 10.8 Å². The highest BCUT2D eigenvalue weighted by Gasteiger charge is 2.01. The van der Waals surface area contributed by atoms with E-state index < -0.39 is 0 Å². The van der Waals surface area contributed by atoms with E-state index in [1.54, 1.807) is 7.11 Å². The average molecular weight is 186 g/mol. The Bertz CT molecular complexity index is 273. The molecule has 0 N–H and O–H groups in total. The topological polar surface area (TPSA) is 12.5 Å². The zero-order chi connectivity index (χ0) is 9.14. The first kappa shape index (κ1) is 9.20. The lowest BCUT2D eigenvalue weighted by Crippen LogP contribution is -2.08. The molecule has 0 saturated carbocycles. The summed E-state index contributed by atoms with van der Waals surface area (Å²) in [7, 11) is 5.55. The third kappa shape index (κ3) is 1.83. The molecule has 0 amide bonds. The molecule has 3 heteroatoms. The quantitative estimate of drug-likeness (QED) is 0.702. The van der Waals surface area contributed by atoms with E-state index in [-0.39, 0.29) is 0 Å². The molecule has 0 aliphatic carbocycles. The Balaban J connectivity index is 3.02. The van der Waals surface area contributed by atoms with Gasteiger partial charge in [-0.15, -0.1) is 0 Å². The van der Waals surface area contributed by atoms with Gasteiger partial charge in [0.2, 0.25) is 0 Å². The first-order valence-corrected chi connectivity index (χ1v) is 4.04. The summed E-state index contributed by atoms with van der Waals surface area (Å²) >= 11 is 5.92. The number of methoxy groups -OCH3 is 1. The van der Waals surface area contributed by atoms with Crippen molar-refractivity contribution in [2.75, 3.05) is 26.1 Å². The van der Waals surface area contributed by atoms with Crippen molar-refractivity contribution in [3.63, 3.8) is 0 Å². The van der Waals surface area contributed by atoms with Crippen LogP contribution in [0.25, 0.3) is 0 Å². The molecule has 0 aromatic heterocycles. The van der Waals surface area contributed by atoms with Crippen LogP contribution >= 0.6 is 11.6 Å². The van der Waals surface area contributed by atoms with Crippen LogP contribution in [0.3, 0.4) is 0 Å². The Morgan fingerprint density at radius 1 is 1.33 bits per heavy atom. The van der Waals surface area contributed by atoms with Gasteiger partial charge >= 0.3 is 0 Å². The summed E-state index contributed by atoms with van der Waals surface area (Å²) in [6, 6.07) is 5.70. The molecule has 0 saturated heterocycles. The molecule has 1 rings (SSSR count). The molecule has 0 atom stereocenters. The van der Waals surface area contributed by atoms with Crippen molar-refractivity contribution >= 4 is 17.3 Å². The van der Waals surface area contributed by atoms with E-state index in [9.17, 15) is 0 Å². The largest absolute Gasteiger partial charge is 0.495 e. The second kappa shape index (κ2) is 3.68. The Kier molecular flexibility index (Phi) is 2.82. The maximum Gasteiger partial charge on any atom is 0.137 e. The third-order valence-electron chi connectivity index (χ3n) is 1.65. The van der Waals surface area contributed by atoms with E-state index >= 15 is 0 Å². The summed E-state index contributed by atoms with van der Waals surface area (Å²) in [5.41, 5.74) is 1.07. The van der Waals surface area contributed by atoms with Crippen LogP contribution in [0.2, 0.25) is 5.02 Å². The molecule has 0 spiro atoms. The van der Waals surface area contributed by atoms with Crippen LogP contribution in [-0.4, -0.2) is 21.2 Å². The molecule has 0 radical (unpaired) electrons. The van der Waals surface area contributed by atoms with E-state index in [2.05, 4.69) is 0 Å². The summed E-state index contributed by atoms with van der Waals surface area (Å²) in [5, 5.41) is 0.642. The minimum atomic E-state index is 0.642. The van der Waals surface area contributed by atoms with Crippen LogP contribution in [0.4, 0.5) is 5.69 Å². The maximum absolute atomic E-state index is 5.92. The molecule has 0 bridgehead atoms. The lowest BCUT2D eigenvalue weighted by Gasteiger charge is -2.13. The number of hydrogen-bond acceptors (Lipinski definition) is 2. The van der Waals surface area contributed by atoms with E-state index in [1.165, 1.54) is 0 Å². The summed E-state index contributed by atoms with van der Waals surface area (Å²) < 4.78 is 5.03. The van der Waals surface area contributed by atoms with Crippen molar-refractivity contribution in [1.29, 1.82) is 0 Å². The van der Waals surface area contributed by atoms with Gasteiger partial charge < -0.3 is 9.64 Å². The zero-order valence-corrected chi connectivity index (χ0v) is 8.22. The van der Waals surface area contributed by atoms with Crippen molar-refractivity contribution in [2.45, 2.75) is 0 Å². The summed E-state index contributed by atoms with van der Waals surface area (Å²) in [6.45, 7) is 0. The fourth-order valence-electron chi connectivity index (χ4n) is 0.933. The highest BCUT2D eigenvalue weighted by molar-refractivity contribution is 6.32. The van der Waals surface area contributed by atoms with E-state index in [0.717, 1.165) is 5.69 Å². The lowest BCUT2D eigenvalue weighted by atomic mass is 10.3. The van der Waals surface area contributed by atoms with Gasteiger partial charge in [-0.2, -0.15) is 0 Å². The van der Waals surface area contributed by atoms with Crippen molar-refractivity contribution in [1.82, 2.24) is 0 Å². The van der Waals surface area contributed by atoms with Crippen molar-refractivity contribution < 1.29 is 4.74 Å².